The lowest BCUT2D eigenvalue weighted by Crippen LogP contribution is -2.34. The highest BCUT2D eigenvalue weighted by Gasteiger charge is 2.24. The van der Waals surface area contributed by atoms with E-state index in [2.05, 4.69) is 47.2 Å². The number of thiophene rings is 1. The van der Waals surface area contributed by atoms with Gasteiger partial charge in [-0.05, 0) is 37.0 Å². The lowest BCUT2D eigenvalue weighted by molar-refractivity contribution is 0.0777. The Bertz CT molecular complexity index is 1040. The van der Waals surface area contributed by atoms with Crippen LogP contribution in [0.3, 0.4) is 0 Å². The predicted molar refractivity (Wildman–Crippen MR) is 111 cm³/mol. The Morgan fingerprint density at radius 1 is 1.19 bits per heavy atom. The fraction of sp³-hybridized carbons (Fsp3) is 0.318. The van der Waals surface area contributed by atoms with Gasteiger partial charge in [0.1, 0.15) is 10.7 Å². The molecule has 0 atom stereocenters. The van der Waals surface area contributed by atoms with Gasteiger partial charge >= 0.3 is 0 Å². The molecule has 0 unspecified atom stereocenters. The maximum atomic E-state index is 13.2. The Morgan fingerprint density at radius 3 is 2.63 bits per heavy atom. The number of carbonyl (C=O) groups is 1. The molecule has 3 aromatic rings. The van der Waals surface area contributed by atoms with Crippen molar-refractivity contribution in [2.45, 2.75) is 33.6 Å². The standard InChI is InChI=1S/C22H23N3OS/c1-4-18-23-15(3)19-14(2)20(27-21(19)24-18)22(26)25-12-10-17(11-13-25)16-8-6-5-7-9-16/h5-10H,4,11-13H2,1-3H3. The summed E-state index contributed by atoms with van der Waals surface area (Å²) < 4.78 is 0. The number of benzene rings is 1. The third kappa shape index (κ3) is 3.28. The fourth-order valence-corrected chi connectivity index (χ4v) is 4.89. The van der Waals surface area contributed by atoms with Crippen LogP contribution in [-0.2, 0) is 6.42 Å². The number of nitrogens with zero attached hydrogens (tertiary/aromatic N) is 3. The zero-order valence-electron chi connectivity index (χ0n) is 16.0. The van der Waals surface area contributed by atoms with Crippen molar-refractivity contribution in [3.8, 4) is 0 Å². The molecule has 27 heavy (non-hydrogen) atoms. The summed E-state index contributed by atoms with van der Waals surface area (Å²) in [5.41, 5.74) is 4.55. The highest BCUT2D eigenvalue weighted by atomic mass is 32.1. The second-order valence-electron chi connectivity index (χ2n) is 6.91. The van der Waals surface area contributed by atoms with E-state index in [4.69, 9.17) is 0 Å². The monoisotopic (exact) mass is 377 g/mol. The molecular formula is C22H23N3OS. The second-order valence-corrected chi connectivity index (χ2v) is 7.91. The maximum absolute atomic E-state index is 13.2. The normalized spacial score (nSPS) is 14.5. The van der Waals surface area contributed by atoms with Crippen molar-refractivity contribution in [1.29, 1.82) is 0 Å². The molecule has 0 saturated carbocycles. The van der Waals surface area contributed by atoms with Crippen LogP contribution in [0.2, 0.25) is 0 Å². The third-order valence-corrected chi connectivity index (χ3v) is 6.34. The van der Waals surface area contributed by atoms with Gasteiger partial charge in [-0.3, -0.25) is 4.79 Å². The molecule has 0 radical (unpaired) electrons. The Labute approximate surface area is 163 Å². The number of aryl methyl sites for hydroxylation is 3. The highest BCUT2D eigenvalue weighted by Crippen LogP contribution is 2.33. The van der Waals surface area contributed by atoms with Crippen LogP contribution in [-0.4, -0.2) is 33.9 Å². The summed E-state index contributed by atoms with van der Waals surface area (Å²) >= 11 is 1.50. The van der Waals surface area contributed by atoms with Crippen molar-refractivity contribution < 1.29 is 4.79 Å². The lowest BCUT2D eigenvalue weighted by Gasteiger charge is -2.26. The maximum Gasteiger partial charge on any atom is 0.264 e. The number of fused-ring (bicyclic) bond motifs is 1. The minimum absolute atomic E-state index is 0.108. The van der Waals surface area contributed by atoms with Crippen molar-refractivity contribution in [3.63, 3.8) is 0 Å². The summed E-state index contributed by atoms with van der Waals surface area (Å²) in [6.45, 7) is 7.48. The van der Waals surface area contributed by atoms with Gasteiger partial charge in [0, 0.05) is 30.6 Å². The molecule has 3 heterocycles. The molecule has 0 bridgehead atoms. The van der Waals surface area contributed by atoms with Gasteiger partial charge in [0.25, 0.3) is 5.91 Å². The van der Waals surface area contributed by atoms with Crippen LogP contribution in [0, 0.1) is 13.8 Å². The number of hydrogen-bond donors (Lipinski definition) is 0. The van der Waals surface area contributed by atoms with Gasteiger partial charge in [-0.2, -0.15) is 0 Å². The lowest BCUT2D eigenvalue weighted by atomic mass is 9.99. The Hall–Kier alpha value is -2.53. The molecule has 5 heteroatoms. The van der Waals surface area contributed by atoms with Crippen LogP contribution in [0.5, 0.6) is 0 Å². The molecule has 1 aromatic carbocycles. The average molecular weight is 378 g/mol. The quantitative estimate of drug-likeness (QED) is 0.659. The van der Waals surface area contributed by atoms with Gasteiger partial charge in [-0.15, -0.1) is 11.3 Å². The first-order valence-corrected chi connectivity index (χ1v) is 10.2. The minimum Gasteiger partial charge on any atom is -0.334 e. The summed E-state index contributed by atoms with van der Waals surface area (Å²) in [5, 5.41) is 1.04. The van der Waals surface area contributed by atoms with Crippen molar-refractivity contribution in [1.82, 2.24) is 14.9 Å². The number of carbonyl (C=O) groups excluding carboxylic acids is 1. The average Bonchev–Trinajstić information content (AvgIpc) is 3.05. The van der Waals surface area contributed by atoms with Crippen LogP contribution >= 0.6 is 11.3 Å². The molecule has 0 spiro atoms. The Balaban J connectivity index is 1.61. The Kier molecular flexibility index (Phi) is 4.79. The van der Waals surface area contributed by atoms with E-state index in [0.717, 1.165) is 51.6 Å². The van der Waals surface area contributed by atoms with Gasteiger partial charge < -0.3 is 4.90 Å². The molecule has 138 valence electrons. The van der Waals surface area contributed by atoms with Crippen LogP contribution in [0.25, 0.3) is 15.8 Å². The van der Waals surface area contributed by atoms with Crippen LogP contribution in [0.1, 0.15) is 45.7 Å². The molecule has 2 aromatic heterocycles. The number of rotatable bonds is 3. The molecule has 0 fully saturated rings. The largest absolute Gasteiger partial charge is 0.334 e. The van der Waals surface area contributed by atoms with E-state index < -0.39 is 0 Å². The van der Waals surface area contributed by atoms with Gasteiger partial charge in [0.15, 0.2) is 0 Å². The molecule has 1 aliphatic heterocycles. The predicted octanol–water partition coefficient (Wildman–Crippen LogP) is 4.80. The molecule has 1 aliphatic rings. The first-order valence-electron chi connectivity index (χ1n) is 9.38. The molecule has 0 aliphatic carbocycles. The van der Waals surface area contributed by atoms with Gasteiger partial charge in [0.05, 0.1) is 4.88 Å². The van der Waals surface area contributed by atoms with Crippen molar-refractivity contribution in [2.75, 3.05) is 13.1 Å². The van der Waals surface area contributed by atoms with Crippen LogP contribution < -0.4 is 0 Å². The van der Waals surface area contributed by atoms with Crippen molar-refractivity contribution >= 4 is 33.0 Å². The SMILES string of the molecule is CCc1nc(C)c2c(C)c(C(=O)N3CC=C(c4ccccc4)CC3)sc2n1. The summed E-state index contributed by atoms with van der Waals surface area (Å²) in [6, 6.07) is 10.4. The van der Waals surface area contributed by atoms with Crippen LogP contribution in [0.15, 0.2) is 36.4 Å². The third-order valence-electron chi connectivity index (χ3n) is 5.17. The van der Waals surface area contributed by atoms with E-state index in [0.29, 0.717) is 6.54 Å². The Morgan fingerprint density at radius 2 is 1.96 bits per heavy atom. The smallest absolute Gasteiger partial charge is 0.264 e. The summed E-state index contributed by atoms with van der Waals surface area (Å²) in [7, 11) is 0. The topological polar surface area (TPSA) is 46.1 Å². The fourth-order valence-electron chi connectivity index (χ4n) is 3.67. The molecule has 0 saturated heterocycles. The summed E-state index contributed by atoms with van der Waals surface area (Å²) in [4.78, 5) is 26.0. The molecule has 1 amide bonds. The van der Waals surface area contributed by atoms with Gasteiger partial charge in [-0.25, -0.2) is 9.97 Å². The van der Waals surface area contributed by atoms with Crippen molar-refractivity contribution in [2.24, 2.45) is 0 Å². The van der Waals surface area contributed by atoms with Crippen molar-refractivity contribution in [3.05, 3.63) is 63.9 Å². The highest BCUT2D eigenvalue weighted by molar-refractivity contribution is 7.20. The zero-order chi connectivity index (χ0) is 19.0. The number of amides is 1. The minimum atomic E-state index is 0.108. The molecule has 4 rings (SSSR count). The van der Waals surface area contributed by atoms with E-state index in [9.17, 15) is 4.79 Å². The zero-order valence-corrected chi connectivity index (χ0v) is 16.8. The first kappa shape index (κ1) is 17.9. The number of hydrogen-bond acceptors (Lipinski definition) is 4. The summed E-state index contributed by atoms with van der Waals surface area (Å²) in [6.07, 6.45) is 3.87. The second kappa shape index (κ2) is 7.24. The number of aromatic nitrogens is 2. The van der Waals surface area contributed by atoms with E-state index in [1.54, 1.807) is 0 Å². The summed E-state index contributed by atoms with van der Waals surface area (Å²) in [5.74, 6) is 0.949. The van der Waals surface area contributed by atoms with Gasteiger partial charge in [0.2, 0.25) is 0 Å². The van der Waals surface area contributed by atoms with Crippen LogP contribution in [0.4, 0.5) is 0 Å². The van der Waals surface area contributed by atoms with E-state index in [1.165, 1.54) is 22.5 Å². The van der Waals surface area contributed by atoms with E-state index in [-0.39, 0.29) is 5.91 Å². The van der Waals surface area contributed by atoms with E-state index >= 15 is 0 Å². The molecule has 4 nitrogen and oxygen atoms in total. The first-order chi connectivity index (χ1) is 13.1. The van der Waals surface area contributed by atoms with Gasteiger partial charge in [-0.1, -0.05) is 43.3 Å². The molecule has 0 N–H and O–H groups in total. The van der Waals surface area contributed by atoms with E-state index in [1.807, 2.05) is 24.8 Å². The molecular weight excluding hydrogens is 354 g/mol.